The van der Waals surface area contributed by atoms with E-state index in [1.165, 1.54) is 102 Å². The second kappa shape index (κ2) is 18.7. The van der Waals surface area contributed by atoms with E-state index in [9.17, 15) is 4.79 Å². The molecule has 1 heterocycles. The molecule has 0 spiro atoms. The molecule has 4 heteroatoms. The molecular formula is C26H51N3O. The van der Waals surface area contributed by atoms with Crippen molar-refractivity contribution >= 4 is 11.7 Å². The number of carbonyl (C=O) groups is 1. The zero-order valence-corrected chi connectivity index (χ0v) is 20.5. The number of rotatable bonds is 20. The lowest BCUT2D eigenvalue weighted by molar-refractivity contribution is -0.122. The molecule has 1 aliphatic heterocycles. The lowest BCUT2D eigenvalue weighted by Gasteiger charge is -2.28. The van der Waals surface area contributed by atoms with Crippen LogP contribution in [0.15, 0.2) is 4.99 Å². The largest absolute Gasteiger partial charge is 0.338 e. The molecule has 0 aromatic heterocycles. The quantitative estimate of drug-likeness (QED) is 0.211. The van der Waals surface area contributed by atoms with Crippen LogP contribution < -0.4 is 5.32 Å². The molecular weight excluding hydrogens is 370 g/mol. The lowest BCUT2D eigenvalue weighted by Crippen LogP contribution is -2.47. The molecule has 0 saturated carbocycles. The van der Waals surface area contributed by atoms with Crippen molar-refractivity contribution in [2.75, 3.05) is 13.1 Å². The number of carbonyl (C=O) groups excluding carboxylic acids is 1. The number of hydrogen-bond acceptors (Lipinski definition) is 3. The van der Waals surface area contributed by atoms with Gasteiger partial charge in [0.25, 0.3) is 0 Å². The first-order valence-corrected chi connectivity index (χ1v) is 13.3. The van der Waals surface area contributed by atoms with Gasteiger partial charge >= 0.3 is 0 Å². The van der Waals surface area contributed by atoms with Crippen molar-refractivity contribution in [2.45, 2.75) is 143 Å². The smallest absolute Gasteiger partial charge is 0.221 e. The van der Waals surface area contributed by atoms with Gasteiger partial charge in [0.2, 0.25) is 5.91 Å². The van der Waals surface area contributed by atoms with Gasteiger partial charge in [-0.25, -0.2) is 0 Å². The average molecular weight is 422 g/mol. The van der Waals surface area contributed by atoms with E-state index >= 15 is 0 Å². The molecule has 1 amide bonds. The van der Waals surface area contributed by atoms with Gasteiger partial charge < -0.3 is 10.2 Å². The number of unbranched alkanes of at least 4 members (excludes halogenated alkanes) is 14. The van der Waals surface area contributed by atoms with E-state index in [1.54, 1.807) is 0 Å². The van der Waals surface area contributed by atoms with Crippen molar-refractivity contribution in [3.8, 4) is 0 Å². The van der Waals surface area contributed by atoms with E-state index in [4.69, 9.17) is 4.99 Å². The Kier molecular flexibility index (Phi) is 16.8. The number of nitrogens with zero attached hydrogens (tertiary/aromatic N) is 2. The third-order valence-corrected chi connectivity index (χ3v) is 6.32. The zero-order chi connectivity index (χ0) is 21.9. The minimum atomic E-state index is 0.0712. The first-order chi connectivity index (χ1) is 14.7. The normalized spacial score (nSPS) is 14.8. The first kappa shape index (κ1) is 27.0. The van der Waals surface area contributed by atoms with Gasteiger partial charge in [0.05, 0.1) is 12.7 Å². The van der Waals surface area contributed by atoms with Crippen LogP contribution in [0.5, 0.6) is 0 Å². The summed E-state index contributed by atoms with van der Waals surface area (Å²) in [5.41, 5.74) is 0. The third kappa shape index (κ3) is 13.3. The molecule has 0 bridgehead atoms. The molecule has 1 atom stereocenters. The Bertz CT molecular complexity index is 450. The zero-order valence-electron chi connectivity index (χ0n) is 20.5. The van der Waals surface area contributed by atoms with E-state index in [0.29, 0.717) is 6.42 Å². The highest BCUT2D eigenvalue weighted by molar-refractivity contribution is 5.84. The van der Waals surface area contributed by atoms with E-state index in [-0.39, 0.29) is 12.1 Å². The fraction of sp³-hybridized carbons (Fsp3) is 0.923. The van der Waals surface area contributed by atoms with Crippen LogP contribution in [0.1, 0.15) is 136 Å². The maximum absolute atomic E-state index is 12.3. The molecule has 0 aromatic rings. The molecule has 1 aliphatic rings. The Morgan fingerprint density at radius 2 is 1.33 bits per heavy atom. The minimum Gasteiger partial charge on any atom is -0.338 e. The molecule has 0 radical (unpaired) electrons. The minimum absolute atomic E-state index is 0.0712. The Morgan fingerprint density at radius 1 is 0.833 bits per heavy atom. The second-order valence-electron chi connectivity index (χ2n) is 9.18. The summed E-state index contributed by atoms with van der Waals surface area (Å²) in [6.07, 6.45) is 22.7. The van der Waals surface area contributed by atoms with Crippen LogP contribution >= 0.6 is 0 Å². The van der Waals surface area contributed by atoms with Crippen molar-refractivity contribution in [1.29, 1.82) is 0 Å². The topological polar surface area (TPSA) is 44.7 Å². The number of hydrogen-bond donors (Lipinski definition) is 1. The lowest BCUT2D eigenvalue weighted by atomic mass is 10.1. The van der Waals surface area contributed by atoms with Crippen LogP contribution in [0, 0.1) is 0 Å². The van der Waals surface area contributed by atoms with Crippen LogP contribution in [-0.4, -0.2) is 35.9 Å². The summed E-state index contributed by atoms with van der Waals surface area (Å²) in [7, 11) is 0. The second-order valence-corrected chi connectivity index (χ2v) is 9.18. The summed E-state index contributed by atoms with van der Waals surface area (Å²) in [6, 6.07) is 0. The Labute approximate surface area is 187 Å². The Morgan fingerprint density at radius 3 is 1.90 bits per heavy atom. The van der Waals surface area contributed by atoms with Gasteiger partial charge in [-0.15, -0.1) is 0 Å². The molecule has 176 valence electrons. The van der Waals surface area contributed by atoms with Crippen LogP contribution in [0.3, 0.4) is 0 Å². The van der Waals surface area contributed by atoms with Crippen LogP contribution in [0.4, 0.5) is 0 Å². The Balaban J connectivity index is 2.07. The van der Waals surface area contributed by atoms with Gasteiger partial charge in [-0.1, -0.05) is 104 Å². The summed E-state index contributed by atoms with van der Waals surface area (Å²) >= 11 is 0. The average Bonchev–Trinajstić information content (AvgIpc) is 3.20. The molecule has 1 unspecified atom stereocenters. The highest BCUT2D eigenvalue weighted by Gasteiger charge is 2.22. The summed E-state index contributed by atoms with van der Waals surface area (Å²) in [5, 5.41) is 3.21. The van der Waals surface area contributed by atoms with Gasteiger partial charge in [-0.05, 0) is 19.8 Å². The summed E-state index contributed by atoms with van der Waals surface area (Å²) in [6.45, 7) is 8.47. The predicted octanol–water partition coefficient (Wildman–Crippen LogP) is 7.22. The first-order valence-electron chi connectivity index (χ1n) is 13.3. The summed E-state index contributed by atoms with van der Waals surface area (Å²) < 4.78 is 0. The van der Waals surface area contributed by atoms with Crippen LogP contribution in [-0.2, 0) is 4.79 Å². The van der Waals surface area contributed by atoms with E-state index in [1.807, 2.05) is 0 Å². The van der Waals surface area contributed by atoms with Crippen LogP contribution in [0.2, 0.25) is 0 Å². The van der Waals surface area contributed by atoms with Gasteiger partial charge in [0.1, 0.15) is 5.84 Å². The van der Waals surface area contributed by atoms with E-state index in [2.05, 4.69) is 31.0 Å². The van der Waals surface area contributed by atoms with Gasteiger partial charge in [-0.2, -0.15) is 0 Å². The number of amides is 1. The van der Waals surface area contributed by atoms with Crippen molar-refractivity contribution in [1.82, 2.24) is 10.2 Å². The predicted molar refractivity (Wildman–Crippen MR) is 131 cm³/mol. The molecule has 0 fully saturated rings. The van der Waals surface area contributed by atoms with E-state index < -0.39 is 0 Å². The molecule has 4 nitrogen and oxygen atoms in total. The van der Waals surface area contributed by atoms with Crippen molar-refractivity contribution in [3.05, 3.63) is 0 Å². The summed E-state index contributed by atoms with van der Waals surface area (Å²) in [5.74, 6) is 1.41. The fourth-order valence-electron chi connectivity index (χ4n) is 4.37. The maximum atomic E-state index is 12.3. The van der Waals surface area contributed by atoms with Gasteiger partial charge in [-0.3, -0.25) is 9.79 Å². The molecule has 30 heavy (non-hydrogen) atoms. The van der Waals surface area contributed by atoms with Crippen molar-refractivity contribution in [2.24, 2.45) is 4.99 Å². The number of aliphatic imine (C=N–C) groups is 1. The molecule has 0 saturated heterocycles. The monoisotopic (exact) mass is 421 g/mol. The summed E-state index contributed by atoms with van der Waals surface area (Å²) in [4.78, 5) is 19.3. The highest BCUT2D eigenvalue weighted by atomic mass is 16.1. The Hall–Kier alpha value is -1.06. The van der Waals surface area contributed by atoms with E-state index in [0.717, 1.165) is 25.9 Å². The van der Waals surface area contributed by atoms with Crippen molar-refractivity contribution in [3.63, 3.8) is 0 Å². The highest BCUT2D eigenvalue weighted by Crippen LogP contribution is 2.15. The molecule has 1 N–H and O–H groups in total. The number of nitrogens with one attached hydrogen (secondary N) is 1. The molecule has 0 aliphatic carbocycles. The molecule has 0 aromatic carbocycles. The standard InChI is InChI=1S/C26H51N3O/c1-4-6-8-10-12-13-15-17-19-21-26(30)28-24(3)29-23-22-27-25(29)20-18-16-14-11-9-7-5-2/h24H,4-23H2,1-3H3,(H,28,30). The van der Waals surface area contributed by atoms with Gasteiger partial charge in [0.15, 0.2) is 0 Å². The van der Waals surface area contributed by atoms with Crippen molar-refractivity contribution < 1.29 is 4.79 Å². The maximum Gasteiger partial charge on any atom is 0.221 e. The molecule has 1 rings (SSSR count). The fourth-order valence-corrected chi connectivity index (χ4v) is 4.37. The van der Waals surface area contributed by atoms with Crippen LogP contribution in [0.25, 0.3) is 0 Å². The van der Waals surface area contributed by atoms with Gasteiger partial charge in [0, 0.05) is 19.4 Å². The third-order valence-electron chi connectivity index (χ3n) is 6.32. The number of amidine groups is 1. The SMILES string of the molecule is CCCCCCCCCCCC(=O)NC(C)N1CCN=C1CCCCCCCCC.